The number of para-hydroxylation sites is 2. The Morgan fingerprint density at radius 2 is 1.76 bits per heavy atom. The molecular formula is C19H20ClN3O2. The Bertz CT molecular complexity index is 790. The number of fused-ring (bicyclic) bond motifs is 2. The van der Waals surface area contributed by atoms with Crippen molar-refractivity contribution in [3.05, 3.63) is 53.1 Å². The largest absolute Gasteiger partial charge is 0.379 e. The summed E-state index contributed by atoms with van der Waals surface area (Å²) in [5.74, 6) is -0.0636. The van der Waals surface area contributed by atoms with E-state index in [2.05, 4.69) is 10.2 Å². The molecular weight excluding hydrogens is 338 g/mol. The smallest absolute Gasteiger partial charge is 0.262 e. The molecule has 1 saturated heterocycles. The third-order valence-electron chi connectivity index (χ3n) is 4.68. The number of anilines is 3. The molecule has 5 nitrogen and oxygen atoms in total. The Labute approximate surface area is 152 Å². The lowest BCUT2D eigenvalue weighted by atomic mass is 10.1. The molecule has 0 aliphatic carbocycles. The summed E-state index contributed by atoms with van der Waals surface area (Å²) < 4.78 is 5.40. The number of hydrogen-bond acceptors (Lipinski definition) is 4. The highest BCUT2D eigenvalue weighted by atomic mass is 35.5. The number of carbonyl (C=O) groups excluding carboxylic acids is 1. The number of carbonyl (C=O) groups is 1. The van der Waals surface area contributed by atoms with Gasteiger partial charge in [0.2, 0.25) is 0 Å². The molecule has 4 rings (SSSR count). The van der Waals surface area contributed by atoms with Crippen molar-refractivity contribution in [1.82, 2.24) is 4.90 Å². The van der Waals surface area contributed by atoms with Crippen LogP contribution in [-0.2, 0) is 4.74 Å². The molecule has 0 bridgehead atoms. The summed E-state index contributed by atoms with van der Waals surface area (Å²) in [7, 11) is 0. The second kappa shape index (κ2) is 7.04. The standard InChI is InChI=1S/C19H20ClN3O2/c20-14-4-3-6-16-18(14)19(24)23(9-8-22-10-12-25-13-11-22)17-7-2-1-5-15(17)21-16/h1-7,21H,8-13H2. The minimum absolute atomic E-state index is 0.0636. The van der Waals surface area contributed by atoms with Crippen molar-refractivity contribution in [2.75, 3.05) is 49.6 Å². The molecule has 0 unspecified atom stereocenters. The normalized spacial score (nSPS) is 17.5. The van der Waals surface area contributed by atoms with Crippen LogP contribution in [0.4, 0.5) is 17.1 Å². The van der Waals surface area contributed by atoms with Gasteiger partial charge in [-0.15, -0.1) is 0 Å². The summed E-state index contributed by atoms with van der Waals surface area (Å²) in [6.45, 7) is 4.73. The molecule has 2 aliphatic heterocycles. The molecule has 0 atom stereocenters. The fraction of sp³-hybridized carbons (Fsp3) is 0.316. The van der Waals surface area contributed by atoms with Crippen molar-refractivity contribution in [3.63, 3.8) is 0 Å². The van der Waals surface area contributed by atoms with Gasteiger partial charge in [0.05, 0.1) is 40.9 Å². The first-order valence-electron chi connectivity index (χ1n) is 8.50. The van der Waals surface area contributed by atoms with Crippen molar-refractivity contribution in [2.45, 2.75) is 0 Å². The second-order valence-corrected chi connectivity index (χ2v) is 6.62. The van der Waals surface area contributed by atoms with Gasteiger partial charge < -0.3 is 15.0 Å². The number of halogens is 1. The summed E-state index contributed by atoms with van der Waals surface area (Å²) in [6.07, 6.45) is 0. The molecule has 0 aromatic heterocycles. The van der Waals surface area contributed by atoms with Gasteiger partial charge >= 0.3 is 0 Å². The quantitative estimate of drug-likeness (QED) is 0.914. The lowest BCUT2D eigenvalue weighted by Gasteiger charge is -2.30. The Balaban J connectivity index is 1.68. The zero-order valence-electron chi connectivity index (χ0n) is 13.9. The second-order valence-electron chi connectivity index (χ2n) is 6.22. The monoisotopic (exact) mass is 357 g/mol. The van der Waals surface area contributed by atoms with E-state index in [1.807, 2.05) is 41.3 Å². The first kappa shape index (κ1) is 16.4. The summed E-state index contributed by atoms with van der Waals surface area (Å²) in [6, 6.07) is 13.4. The van der Waals surface area contributed by atoms with Crippen LogP contribution in [0.2, 0.25) is 5.02 Å². The Morgan fingerprint density at radius 1 is 1.00 bits per heavy atom. The average Bonchev–Trinajstić information content (AvgIpc) is 2.75. The van der Waals surface area contributed by atoms with Crippen LogP contribution >= 0.6 is 11.6 Å². The molecule has 0 spiro atoms. The van der Waals surface area contributed by atoms with Crippen molar-refractivity contribution >= 4 is 34.6 Å². The van der Waals surface area contributed by atoms with Gasteiger partial charge in [0.1, 0.15) is 0 Å². The highest BCUT2D eigenvalue weighted by Crippen LogP contribution is 2.37. The Morgan fingerprint density at radius 3 is 2.60 bits per heavy atom. The van der Waals surface area contributed by atoms with E-state index in [4.69, 9.17) is 16.3 Å². The molecule has 130 valence electrons. The first-order chi connectivity index (χ1) is 12.2. The van der Waals surface area contributed by atoms with E-state index in [1.165, 1.54) is 0 Å². The molecule has 2 aromatic rings. The van der Waals surface area contributed by atoms with E-state index in [0.717, 1.165) is 49.9 Å². The number of ether oxygens (including phenoxy) is 1. The number of nitrogens with one attached hydrogen (secondary N) is 1. The summed E-state index contributed by atoms with van der Waals surface area (Å²) in [5, 5.41) is 3.83. The van der Waals surface area contributed by atoms with Crippen LogP contribution in [0.3, 0.4) is 0 Å². The molecule has 1 amide bonds. The van der Waals surface area contributed by atoms with E-state index >= 15 is 0 Å². The van der Waals surface area contributed by atoms with Gasteiger partial charge in [-0.1, -0.05) is 29.8 Å². The SMILES string of the molecule is O=C1c2c(Cl)cccc2Nc2ccccc2N1CCN1CCOCC1. The molecule has 2 aromatic carbocycles. The maximum Gasteiger partial charge on any atom is 0.262 e. The third kappa shape index (κ3) is 3.23. The number of benzene rings is 2. The summed E-state index contributed by atoms with van der Waals surface area (Å²) >= 11 is 6.35. The van der Waals surface area contributed by atoms with Crippen molar-refractivity contribution in [3.8, 4) is 0 Å². The lowest BCUT2D eigenvalue weighted by molar-refractivity contribution is 0.0391. The molecule has 0 saturated carbocycles. The maximum atomic E-state index is 13.3. The highest BCUT2D eigenvalue weighted by molar-refractivity contribution is 6.36. The molecule has 2 heterocycles. The van der Waals surface area contributed by atoms with Crippen molar-refractivity contribution in [1.29, 1.82) is 0 Å². The van der Waals surface area contributed by atoms with Crippen LogP contribution in [0.5, 0.6) is 0 Å². The van der Waals surface area contributed by atoms with Crippen LogP contribution in [0.1, 0.15) is 10.4 Å². The fourth-order valence-corrected chi connectivity index (χ4v) is 3.59. The highest BCUT2D eigenvalue weighted by Gasteiger charge is 2.28. The van der Waals surface area contributed by atoms with Crippen LogP contribution in [0.25, 0.3) is 0 Å². The van der Waals surface area contributed by atoms with Crippen LogP contribution in [0, 0.1) is 0 Å². The number of rotatable bonds is 3. The molecule has 1 N–H and O–H groups in total. The predicted molar refractivity (Wildman–Crippen MR) is 100 cm³/mol. The van der Waals surface area contributed by atoms with Crippen LogP contribution in [-0.4, -0.2) is 50.2 Å². The van der Waals surface area contributed by atoms with Gasteiger partial charge in [-0.2, -0.15) is 0 Å². The van der Waals surface area contributed by atoms with E-state index in [0.29, 0.717) is 17.1 Å². The molecule has 1 fully saturated rings. The van der Waals surface area contributed by atoms with Crippen LogP contribution in [0.15, 0.2) is 42.5 Å². The van der Waals surface area contributed by atoms with Gasteiger partial charge in [-0.05, 0) is 24.3 Å². The molecule has 0 radical (unpaired) electrons. The molecule has 25 heavy (non-hydrogen) atoms. The summed E-state index contributed by atoms with van der Waals surface area (Å²) in [4.78, 5) is 17.4. The summed E-state index contributed by atoms with van der Waals surface area (Å²) in [5.41, 5.74) is 3.08. The van der Waals surface area contributed by atoms with Crippen molar-refractivity contribution in [2.24, 2.45) is 0 Å². The minimum atomic E-state index is -0.0636. The van der Waals surface area contributed by atoms with Crippen LogP contribution < -0.4 is 10.2 Å². The minimum Gasteiger partial charge on any atom is -0.379 e. The van der Waals surface area contributed by atoms with E-state index < -0.39 is 0 Å². The molecule has 2 aliphatic rings. The number of amides is 1. The van der Waals surface area contributed by atoms with Gasteiger partial charge in [0.25, 0.3) is 5.91 Å². The van der Waals surface area contributed by atoms with Gasteiger partial charge in [0, 0.05) is 26.2 Å². The third-order valence-corrected chi connectivity index (χ3v) is 5.00. The number of morpholine rings is 1. The van der Waals surface area contributed by atoms with E-state index in [1.54, 1.807) is 6.07 Å². The van der Waals surface area contributed by atoms with E-state index in [9.17, 15) is 4.79 Å². The van der Waals surface area contributed by atoms with Gasteiger partial charge in [-0.3, -0.25) is 9.69 Å². The first-order valence-corrected chi connectivity index (χ1v) is 8.88. The lowest BCUT2D eigenvalue weighted by Crippen LogP contribution is -2.43. The fourth-order valence-electron chi connectivity index (χ4n) is 3.34. The Kier molecular flexibility index (Phi) is 4.61. The topological polar surface area (TPSA) is 44.8 Å². The maximum absolute atomic E-state index is 13.3. The average molecular weight is 358 g/mol. The number of hydrogen-bond donors (Lipinski definition) is 1. The van der Waals surface area contributed by atoms with E-state index in [-0.39, 0.29) is 5.91 Å². The number of nitrogens with zero attached hydrogens (tertiary/aromatic N) is 2. The zero-order valence-corrected chi connectivity index (χ0v) is 14.6. The molecule has 6 heteroatoms. The van der Waals surface area contributed by atoms with Gasteiger partial charge in [0.15, 0.2) is 0 Å². The van der Waals surface area contributed by atoms with Crippen molar-refractivity contribution < 1.29 is 9.53 Å². The zero-order chi connectivity index (χ0) is 17.2. The van der Waals surface area contributed by atoms with Gasteiger partial charge in [-0.25, -0.2) is 0 Å². The Hall–Kier alpha value is -2.08. The predicted octanol–water partition coefficient (Wildman–Crippen LogP) is 3.38.